The van der Waals surface area contributed by atoms with Gasteiger partial charge in [0.25, 0.3) is 0 Å². The molecule has 2 saturated carbocycles. The van der Waals surface area contributed by atoms with Crippen LogP contribution in [0.3, 0.4) is 0 Å². The highest BCUT2D eigenvalue weighted by Gasteiger charge is 2.67. The van der Waals surface area contributed by atoms with Crippen LogP contribution in [-0.4, -0.2) is 29.2 Å². The summed E-state index contributed by atoms with van der Waals surface area (Å²) in [5, 5.41) is 0. The molecule has 1 aliphatic heterocycles. The van der Waals surface area contributed by atoms with E-state index >= 15 is 0 Å². The molecule has 162 valence electrons. The summed E-state index contributed by atoms with van der Waals surface area (Å²) in [5.41, 5.74) is 4.15. The second kappa shape index (κ2) is 6.89. The van der Waals surface area contributed by atoms with Gasteiger partial charge in [-0.15, -0.1) is 0 Å². The Morgan fingerprint density at radius 3 is 2.09 bits per heavy atom. The third-order valence-corrected chi connectivity index (χ3v) is 7.82. The highest BCUT2D eigenvalue weighted by molar-refractivity contribution is 6.08. The number of esters is 1. The van der Waals surface area contributed by atoms with Crippen molar-refractivity contribution < 1.29 is 19.1 Å². The second-order valence-corrected chi connectivity index (χ2v) is 9.74. The lowest BCUT2D eigenvalue weighted by Crippen LogP contribution is -2.40. The van der Waals surface area contributed by atoms with Crippen molar-refractivity contribution in [1.82, 2.24) is 4.90 Å². The number of carbonyl (C=O) groups excluding carboxylic acids is 3. The Kier molecular flexibility index (Phi) is 4.19. The number of hydrogen-bond acceptors (Lipinski definition) is 4. The molecule has 0 unspecified atom stereocenters. The summed E-state index contributed by atoms with van der Waals surface area (Å²) in [7, 11) is 0. The van der Waals surface area contributed by atoms with E-state index in [2.05, 4.69) is 36.4 Å². The first-order chi connectivity index (χ1) is 15.4. The number of benzene rings is 2. The fraction of sp³-hybridized carbons (Fsp3) is 0.370. The molecule has 5 nitrogen and oxygen atoms in total. The highest BCUT2D eigenvalue weighted by atomic mass is 16.5. The second-order valence-electron chi connectivity index (χ2n) is 9.74. The predicted octanol–water partition coefficient (Wildman–Crippen LogP) is 3.93. The molecule has 2 bridgehead atoms. The van der Waals surface area contributed by atoms with Gasteiger partial charge >= 0.3 is 5.97 Å². The van der Waals surface area contributed by atoms with Crippen molar-refractivity contribution in [2.24, 2.45) is 35.5 Å². The molecule has 1 saturated heterocycles. The summed E-state index contributed by atoms with van der Waals surface area (Å²) in [6.45, 7) is 3.61. The number of amides is 2. The number of carbonyl (C=O) groups is 3. The molecule has 2 aromatic carbocycles. The first kappa shape index (κ1) is 19.5. The molecule has 0 aromatic heterocycles. The van der Waals surface area contributed by atoms with Gasteiger partial charge in [0, 0.05) is 0 Å². The molecule has 7 rings (SSSR count). The molecule has 1 heterocycles. The number of nitrogens with zero attached hydrogens (tertiary/aromatic N) is 1. The van der Waals surface area contributed by atoms with E-state index in [9.17, 15) is 14.4 Å². The van der Waals surface area contributed by atoms with Crippen molar-refractivity contribution in [3.05, 3.63) is 65.7 Å². The van der Waals surface area contributed by atoms with Gasteiger partial charge in [-0.1, -0.05) is 48.0 Å². The van der Waals surface area contributed by atoms with E-state index in [1.165, 1.54) is 5.56 Å². The van der Waals surface area contributed by atoms with Crippen molar-refractivity contribution in [2.75, 3.05) is 6.54 Å². The van der Waals surface area contributed by atoms with E-state index in [0.29, 0.717) is 17.6 Å². The average Bonchev–Trinajstić information content (AvgIpc) is 3.57. The molecule has 5 aliphatic rings. The van der Waals surface area contributed by atoms with Gasteiger partial charge in [-0.25, -0.2) is 4.79 Å². The summed E-state index contributed by atoms with van der Waals surface area (Å²) in [5.74, 6) is 0.296. The Morgan fingerprint density at radius 1 is 0.906 bits per heavy atom. The maximum absolute atomic E-state index is 13.0. The molecule has 0 spiro atoms. The van der Waals surface area contributed by atoms with Crippen LogP contribution in [0, 0.1) is 49.4 Å². The quantitative estimate of drug-likeness (QED) is 0.321. The van der Waals surface area contributed by atoms with Gasteiger partial charge < -0.3 is 4.74 Å². The molecule has 2 amide bonds. The Hall–Kier alpha value is -3.21. The first-order valence-electron chi connectivity index (χ1n) is 11.3. The monoisotopic (exact) mass is 427 g/mol. The Balaban J connectivity index is 1.16. The Bertz CT molecular complexity index is 1140. The topological polar surface area (TPSA) is 63.7 Å². The van der Waals surface area contributed by atoms with E-state index in [1.54, 1.807) is 6.07 Å². The molecule has 2 aromatic rings. The number of likely N-dealkylation sites (tertiary alicyclic amines) is 1. The highest BCUT2D eigenvalue weighted by Crippen LogP contribution is 2.65. The Morgan fingerprint density at radius 2 is 1.50 bits per heavy atom. The summed E-state index contributed by atoms with van der Waals surface area (Å²) in [6, 6.07) is 13.9. The van der Waals surface area contributed by atoms with Crippen LogP contribution < -0.4 is 4.74 Å². The lowest BCUT2D eigenvalue weighted by Gasteiger charge is -2.37. The Labute approximate surface area is 187 Å². The fourth-order valence-corrected chi connectivity index (χ4v) is 6.15. The zero-order chi connectivity index (χ0) is 22.1. The third-order valence-electron chi connectivity index (χ3n) is 7.82. The average molecular weight is 428 g/mol. The van der Waals surface area contributed by atoms with E-state index in [-0.39, 0.29) is 42.0 Å². The number of allylic oxidation sites excluding steroid dienone is 2. The smallest absolute Gasteiger partial charge is 0.331 e. The predicted molar refractivity (Wildman–Crippen MR) is 118 cm³/mol. The van der Waals surface area contributed by atoms with Crippen molar-refractivity contribution in [3.63, 3.8) is 0 Å². The largest absolute Gasteiger partial charge is 0.425 e. The zero-order valence-electron chi connectivity index (χ0n) is 18.2. The van der Waals surface area contributed by atoms with Crippen molar-refractivity contribution >= 4 is 17.8 Å². The van der Waals surface area contributed by atoms with Gasteiger partial charge in [-0.05, 0) is 72.8 Å². The number of ether oxygens (including phenoxy) is 1. The lowest BCUT2D eigenvalue weighted by atomic mass is 9.63. The third kappa shape index (κ3) is 2.87. The minimum Gasteiger partial charge on any atom is -0.425 e. The van der Waals surface area contributed by atoms with Crippen LogP contribution >= 0.6 is 0 Å². The SMILES string of the molecule is Cc1ccc(-c2ccc(OC(=O)CN3C(=O)[C@H]4[C@@H]5C=C[C@@H]([C@H]6C[C@H]56)[C@@H]4C3=O)c(C)c2)cc1. The number of aryl methyl sites for hydroxylation is 2. The van der Waals surface area contributed by atoms with Crippen LogP contribution in [0.4, 0.5) is 0 Å². The van der Waals surface area contributed by atoms with Crippen LogP contribution in [-0.2, 0) is 14.4 Å². The van der Waals surface area contributed by atoms with Gasteiger partial charge in [-0.2, -0.15) is 0 Å². The van der Waals surface area contributed by atoms with Crippen LogP contribution in [0.5, 0.6) is 5.75 Å². The molecule has 6 atom stereocenters. The molecule has 4 aliphatic carbocycles. The van der Waals surface area contributed by atoms with Crippen LogP contribution in [0.15, 0.2) is 54.6 Å². The van der Waals surface area contributed by atoms with E-state index in [4.69, 9.17) is 4.74 Å². The van der Waals surface area contributed by atoms with E-state index in [0.717, 1.165) is 28.0 Å². The molecular formula is C27H25NO4. The number of rotatable bonds is 4. The van der Waals surface area contributed by atoms with Crippen LogP contribution in [0.2, 0.25) is 0 Å². The van der Waals surface area contributed by atoms with Gasteiger partial charge in [0.15, 0.2) is 0 Å². The van der Waals surface area contributed by atoms with Gasteiger partial charge in [0.2, 0.25) is 11.8 Å². The lowest BCUT2D eigenvalue weighted by molar-refractivity contribution is -0.148. The first-order valence-corrected chi connectivity index (χ1v) is 11.3. The van der Waals surface area contributed by atoms with Crippen molar-refractivity contribution in [1.29, 1.82) is 0 Å². The molecule has 0 radical (unpaired) electrons. The van der Waals surface area contributed by atoms with Crippen LogP contribution in [0.1, 0.15) is 17.5 Å². The molecule has 3 fully saturated rings. The molecule has 32 heavy (non-hydrogen) atoms. The van der Waals surface area contributed by atoms with Crippen LogP contribution in [0.25, 0.3) is 11.1 Å². The van der Waals surface area contributed by atoms with Crippen molar-refractivity contribution in [3.8, 4) is 16.9 Å². The number of imide groups is 1. The fourth-order valence-electron chi connectivity index (χ4n) is 6.15. The maximum atomic E-state index is 13.0. The van der Waals surface area contributed by atoms with E-state index < -0.39 is 5.97 Å². The summed E-state index contributed by atoms with van der Waals surface area (Å²) >= 11 is 0. The van der Waals surface area contributed by atoms with E-state index in [1.807, 2.05) is 26.0 Å². The van der Waals surface area contributed by atoms with Gasteiger partial charge in [0.05, 0.1) is 11.8 Å². The normalized spacial score (nSPS) is 31.5. The van der Waals surface area contributed by atoms with Gasteiger partial charge in [0.1, 0.15) is 12.3 Å². The molecule has 5 heteroatoms. The summed E-state index contributed by atoms with van der Waals surface area (Å²) < 4.78 is 5.57. The molecule has 0 N–H and O–H groups in total. The summed E-state index contributed by atoms with van der Waals surface area (Å²) in [4.78, 5) is 39.9. The number of hydrogen-bond donors (Lipinski definition) is 0. The minimum absolute atomic E-state index is 0.157. The zero-order valence-corrected chi connectivity index (χ0v) is 18.2. The maximum Gasteiger partial charge on any atom is 0.331 e. The standard InChI is InChI=1S/C27H25NO4/c1-14-3-5-16(6-4-14)17-7-10-22(15(2)11-17)32-23(29)13-28-26(30)24-18-8-9-19(21-12-20(18)21)25(24)27(28)31/h3-11,18-21,24-25H,12-13H2,1-2H3/t18-,19+,20-,21-,24+,25+/m1/s1. The van der Waals surface area contributed by atoms with Crippen molar-refractivity contribution in [2.45, 2.75) is 20.3 Å². The van der Waals surface area contributed by atoms with Gasteiger partial charge in [-0.3, -0.25) is 14.5 Å². The summed E-state index contributed by atoms with van der Waals surface area (Å²) in [6.07, 6.45) is 5.38. The minimum atomic E-state index is -0.581. The molecular weight excluding hydrogens is 402 g/mol.